The molecule has 2 unspecified atom stereocenters. The molecule has 0 bridgehead atoms. The first kappa shape index (κ1) is 18.5. The van der Waals surface area contributed by atoms with Gasteiger partial charge in [-0.25, -0.2) is 4.57 Å². The molecule has 0 fully saturated rings. The molecule has 0 aliphatic rings. The Labute approximate surface area is 115 Å². The van der Waals surface area contributed by atoms with Gasteiger partial charge in [0.25, 0.3) is 0 Å². The Morgan fingerprint density at radius 2 is 1.95 bits per heavy atom. The highest BCUT2D eigenvalue weighted by Crippen LogP contribution is 2.43. The zero-order valence-corrected chi connectivity index (χ0v) is 13.3. The molecule has 7 nitrogen and oxygen atoms in total. The highest BCUT2D eigenvalue weighted by Gasteiger charge is 2.24. The molecule has 2 atom stereocenters. The summed E-state index contributed by atoms with van der Waals surface area (Å²) in [5.41, 5.74) is 0. The molecule has 114 valence electrons. The Morgan fingerprint density at radius 1 is 1.37 bits per heavy atom. The number of hydrogen-bond donors (Lipinski definition) is 2. The van der Waals surface area contributed by atoms with Gasteiger partial charge in [0.1, 0.15) is 13.2 Å². The third-order valence-electron chi connectivity index (χ3n) is 2.36. The van der Waals surface area contributed by atoms with Gasteiger partial charge in [0.15, 0.2) is 0 Å². The summed E-state index contributed by atoms with van der Waals surface area (Å²) in [6.45, 7) is 3.92. The number of hydrogen-bond acceptors (Lipinski definition) is 4. The summed E-state index contributed by atoms with van der Waals surface area (Å²) in [7, 11) is 1.81. The number of phosphoric ester groups is 1. The largest absolute Gasteiger partial charge is 0.472 e. The van der Waals surface area contributed by atoms with Crippen LogP contribution >= 0.6 is 7.82 Å². The maximum absolute atomic E-state index is 11.6. The molecule has 0 aliphatic carbocycles. The molecular formula is C11H26N2O5P+. The molecule has 0 rings (SSSR count). The van der Waals surface area contributed by atoms with Crippen LogP contribution in [0.4, 0.5) is 0 Å². The number of carbonyl (C=O) groups excluding carboxylic acids is 1. The van der Waals surface area contributed by atoms with Crippen molar-refractivity contribution in [2.75, 3.05) is 40.9 Å². The smallest absolute Gasteiger partial charge is 0.351 e. The zero-order chi connectivity index (χ0) is 15.1. The van der Waals surface area contributed by atoms with Crippen molar-refractivity contribution >= 4 is 13.7 Å². The molecule has 0 aliphatic heterocycles. The molecule has 0 saturated carbocycles. The van der Waals surface area contributed by atoms with E-state index in [-0.39, 0.29) is 25.2 Å². The quantitative estimate of drug-likeness (QED) is 0.484. The van der Waals surface area contributed by atoms with Crippen molar-refractivity contribution in [2.24, 2.45) is 0 Å². The van der Waals surface area contributed by atoms with Gasteiger partial charge in [0, 0.05) is 6.92 Å². The molecule has 1 amide bonds. The van der Waals surface area contributed by atoms with Gasteiger partial charge < -0.3 is 14.7 Å². The molecule has 0 heterocycles. The Balaban J connectivity index is 4.07. The van der Waals surface area contributed by atoms with Gasteiger partial charge in [-0.15, -0.1) is 0 Å². The van der Waals surface area contributed by atoms with Crippen molar-refractivity contribution in [1.82, 2.24) is 5.32 Å². The molecule has 0 aromatic rings. The van der Waals surface area contributed by atoms with E-state index < -0.39 is 7.82 Å². The van der Waals surface area contributed by atoms with Gasteiger partial charge >= 0.3 is 7.82 Å². The summed E-state index contributed by atoms with van der Waals surface area (Å²) in [4.78, 5) is 20.4. The Hall–Kier alpha value is -0.460. The average Bonchev–Trinajstić information content (AvgIpc) is 2.21. The van der Waals surface area contributed by atoms with Crippen molar-refractivity contribution in [1.29, 1.82) is 0 Å². The Bertz CT molecular complexity index is 330. The fourth-order valence-electron chi connectivity index (χ4n) is 1.20. The van der Waals surface area contributed by atoms with Crippen LogP contribution in [-0.4, -0.2) is 62.2 Å². The third kappa shape index (κ3) is 11.1. The number of likely N-dealkylation sites (N-methyl/N-ethyl adjacent to an activating group) is 1. The topological polar surface area (TPSA) is 84.9 Å². The highest BCUT2D eigenvalue weighted by atomic mass is 31.2. The van der Waals surface area contributed by atoms with Crippen LogP contribution in [0, 0.1) is 0 Å². The summed E-state index contributed by atoms with van der Waals surface area (Å²) in [6, 6.07) is -0.292. The molecule has 2 N–H and O–H groups in total. The average molecular weight is 297 g/mol. The van der Waals surface area contributed by atoms with E-state index >= 15 is 0 Å². The molecular weight excluding hydrogens is 271 g/mol. The lowest BCUT2D eigenvalue weighted by molar-refractivity contribution is -0.870. The molecule has 8 heteroatoms. The summed E-state index contributed by atoms with van der Waals surface area (Å²) in [5, 5.41) is 2.63. The molecule has 19 heavy (non-hydrogen) atoms. The SMILES string of the molecule is CCC(COP(=O)(O)OCC[N+](C)(C)C)NC(C)=O. The van der Waals surface area contributed by atoms with Crippen molar-refractivity contribution in [3.8, 4) is 0 Å². The van der Waals surface area contributed by atoms with Gasteiger partial charge in [-0.2, -0.15) is 0 Å². The van der Waals surface area contributed by atoms with Crippen LogP contribution in [0.5, 0.6) is 0 Å². The second kappa shape index (κ2) is 7.97. The van der Waals surface area contributed by atoms with Crippen molar-refractivity contribution < 1.29 is 27.8 Å². The number of quaternary nitrogens is 1. The molecule has 0 aromatic heterocycles. The molecule has 0 spiro atoms. The zero-order valence-electron chi connectivity index (χ0n) is 12.4. The summed E-state index contributed by atoms with van der Waals surface area (Å²) < 4.78 is 22.0. The first-order valence-corrected chi connectivity index (χ1v) is 7.74. The Kier molecular flexibility index (Phi) is 7.78. The van der Waals surface area contributed by atoms with E-state index in [1.807, 2.05) is 28.1 Å². The van der Waals surface area contributed by atoms with Crippen molar-refractivity contribution in [2.45, 2.75) is 26.3 Å². The van der Waals surface area contributed by atoms with E-state index in [9.17, 15) is 14.3 Å². The number of nitrogens with zero attached hydrogens (tertiary/aromatic N) is 1. The minimum Gasteiger partial charge on any atom is -0.351 e. The fraction of sp³-hybridized carbons (Fsp3) is 0.909. The fourth-order valence-corrected chi connectivity index (χ4v) is 1.96. The number of rotatable bonds is 9. The van der Waals surface area contributed by atoms with E-state index in [1.165, 1.54) is 6.92 Å². The van der Waals surface area contributed by atoms with Crippen LogP contribution in [-0.2, 0) is 18.4 Å². The number of amides is 1. The van der Waals surface area contributed by atoms with Crippen LogP contribution in [0.2, 0.25) is 0 Å². The van der Waals surface area contributed by atoms with Crippen LogP contribution in [0.1, 0.15) is 20.3 Å². The van der Waals surface area contributed by atoms with Gasteiger partial charge in [-0.05, 0) is 6.42 Å². The first-order chi connectivity index (χ1) is 8.56. The van der Waals surface area contributed by atoms with E-state index in [1.54, 1.807) is 0 Å². The molecule has 0 saturated heterocycles. The minimum absolute atomic E-state index is 0.0474. The summed E-state index contributed by atoms with van der Waals surface area (Å²) >= 11 is 0. The first-order valence-electron chi connectivity index (χ1n) is 6.25. The van der Waals surface area contributed by atoms with Gasteiger partial charge in [0.2, 0.25) is 5.91 Å². The number of carbonyl (C=O) groups is 1. The lowest BCUT2D eigenvalue weighted by Crippen LogP contribution is -2.37. The molecule has 0 radical (unpaired) electrons. The van der Waals surface area contributed by atoms with Crippen LogP contribution in [0.3, 0.4) is 0 Å². The van der Waals surface area contributed by atoms with Gasteiger partial charge in [0.05, 0.1) is 33.8 Å². The lowest BCUT2D eigenvalue weighted by Gasteiger charge is -2.24. The van der Waals surface area contributed by atoms with Crippen LogP contribution in [0.25, 0.3) is 0 Å². The van der Waals surface area contributed by atoms with Crippen molar-refractivity contribution in [3.05, 3.63) is 0 Å². The predicted octanol–water partition coefficient (Wildman–Crippen LogP) is 0.741. The second-order valence-corrected chi connectivity index (χ2v) is 6.87. The molecule has 0 aromatic carbocycles. The monoisotopic (exact) mass is 297 g/mol. The van der Waals surface area contributed by atoms with Gasteiger partial charge in [-0.1, -0.05) is 6.92 Å². The van der Waals surface area contributed by atoms with Crippen LogP contribution in [0.15, 0.2) is 0 Å². The normalized spacial score (nSPS) is 16.7. The highest BCUT2D eigenvalue weighted by molar-refractivity contribution is 7.47. The van der Waals surface area contributed by atoms with Gasteiger partial charge in [-0.3, -0.25) is 13.8 Å². The minimum atomic E-state index is -4.05. The summed E-state index contributed by atoms with van der Waals surface area (Å²) in [6.07, 6.45) is 0.610. The predicted molar refractivity (Wildman–Crippen MR) is 72.5 cm³/mol. The number of phosphoric acid groups is 1. The van der Waals surface area contributed by atoms with E-state index in [0.29, 0.717) is 17.4 Å². The van der Waals surface area contributed by atoms with E-state index in [4.69, 9.17) is 9.05 Å². The lowest BCUT2D eigenvalue weighted by atomic mass is 10.2. The van der Waals surface area contributed by atoms with Crippen LogP contribution < -0.4 is 5.32 Å². The number of nitrogens with one attached hydrogen (secondary N) is 1. The maximum Gasteiger partial charge on any atom is 0.472 e. The summed E-state index contributed by atoms with van der Waals surface area (Å²) in [5.74, 6) is -0.200. The van der Waals surface area contributed by atoms with E-state index in [0.717, 1.165) is 0 Å². The Morgan fingerprint density at radius 3 is 2.37 bits per heavy atom. The third-order valence-corrected chi connectivity index (χ3v) is 3.34. The standard InChI is InChI=1S/C11H25N2O5P/c1-6-11(12-10(2)14)9-18-19(15,16)17-8-7-13(3,4)5/h11H,6-9H2,1-5H3,(H-,12,14,15,16)/p+1. The maximum atomic E-state index is 11.6. The van der Waals surface area contributed by atoms with Crippen molar-refractivity contribution in [3.63, 3.8) is 0 Å². The second-order valence-electron chi connectivity index (χ2n) is 5.42. The van der Waals surface area contributed by atoms with E-state index in [2.05, 4.69) is 5.32 Å².